The highest BCUT2D eigenvalue weighted by molar-refractivity contribution is 7.87. The molecule has 0 aliphatic carbocycles. The molecule has 1 heterocycles. The van der Waals surface area contributed by atoms with E-state index in [0.29, 0.717) is 25.0 Å². The topological polar surface area (TPSA) is 61.4 Å². The Hall–Kier alpha value is -0.170. The Morgan fingerprint density at radius 1 is 1.41 bits per heavy atom. The lowest BCUT2D eigenvalue weighted by Crippen LogP contribution is -2.53. The summed E-state index contributed by atoms with van der Waals surface area (Å²) in [7, 11) is -3.30. The normalized spacial score (nSPS) is 27.6. The van der Waals surface area contributed by atoms with Crippen LogP contribution in [0.15, 0.2) is 0 Å². The van der Waals surface area contributed by atoms with Crippen molar-refractivity contribution in [1.82, 2.24) is 14.3 Å². The van der Waals surface area contributed by atoms with Crippen molar-refractivity contribution in [1.29, 1.82) is 0 Å². The summed E-state index contributed by atoms with van der Waals surface area (Å²) in [5, 5.41) is 3.41. The van der Waals surface area contributed by atoms with Gasteiger partial charge in [-0.15, -0.1) is 0 Å². The smallest absolute Gasteiger partial charge is 0.279 e. The predicted molar refractivity (Wildman–Crippen MR) is 70.0 cm³/mol. The van der Waals surface area contributed by atoms with Gasteiger partial charge in [-0.2, -0.15) is 17.4 Å². The Bertz CT molecular complexity index is 330. The quantitative estimate of drug-likeness (QED) is 0.761. The molecular weight excluding hydrogens is 238 g/mol. The van der Waals surface area contributed by atoms with E-state index in [4.69, 9.17) is 0 Å². The molecule has 6 heteroatoms. The molecule has 0 amide bonds. The first-order chi connectivity index (χ1) is 7.86. The van der Waals surface area contributed by atoms with Crippen LogP contribution in [0.3, 0.4) is 0 Å². The number of piperidine rings is 1. The van der Waals surface area contributed by atoms with Crippen molar-refractivity contribution in [2.75, 3.05) is 19.6 Å². The zero-order chi connectivity index (χ0) is 13.1. The summed E-state index contributed by atoms with van der Waals surface area (Å²) in [5.74, 6) is 0.354. The first kappa shape index (κ1) is 14.9. The van der Waals surface area contributed by atoms with E-state index in [9.17, 15) is 8.42 Å². The second-order valence-corrected chi connectivity index (χ2v) is 6.77. The van der Waals surface area contributed by atoms with E-state index >= 15 is 0 Å². The number of nitrogens with one attached hydrogen (secondary N) is 2. The largest absolute Gasteiger partial charge is 0.314 e. The summed E-state index contributed by atoms with van der Waals surface area (Å²) in [6, 6.07) is 0.382. The fourth-order valence-electron chi connectivity index (χ4n) is 2.26. The van der Waals surface area contributed by atoms with E-state index in [1.165, 1.54) is 0 Å². The Balaban J connectivity index is 2.60. The molecule has 0 aromatic carbocycles. The van der Waals surface area contributed by atoms with Gasteiger partial charge in [0.25, 0.3) is 10.2 Å². The van der Waals surface area contributed by atoms with E-state index in [0.717, 1.165) is 13.0 Å². The van der Waals surface area contributed by atoms with Crippen LogP contribution in [0.25, 0.3) is 0 Å². The predicted octanol–water partition coefficient (Wildman–Crippen LogP) is 0.549. The van der Waals surface area contributed by atoms with Crippen LogP contribution in [0.5, 0.6) is 0 Å². The molecule has 0 saturated carbocycles. The van der Waals surface area contributed by atoms with Crippen molar-refractivity contribution < 1.29 is 8.42 Å². The van der Waals surface area contributed by atoms with Gasteiger partial charge in [0.1, 0.15) is 0 Å². The molecule has 1 saturated heterocycles. The monoisotopic (exact) mass is 263 g/mol. The zero-order valence-corrected chi connectivity index (χ0v) is 12.0. The van der Waals surface area contributed by atoms with Crippen LogP contribution in [-0.2, 0) is 10.2 Å². The Kier molecular flexibility index (Phi) is 5.37. The fourth-order valence-corrected chi connectivity index (χ4v) is 3.79. The molecule has 0 spiro atoms. The lowest BCUT2D eigenvalue weighted by Gasteiger charge is -2.36. The SMILES string of the molecule is CCNC1CCN(S(=O)(=O)NC(C)C)CC1C. The van der Waals surface area contributed by atoms with Crippen molar-refractivity contribution in [3.05, 3.63) is 0 Å². The minimum absolute atomic E-state index is 0.0539. The highest BCUT2D eigenvalue weighted by Gasteiger charge is 2.32. The van der Waals surface area contributed by atoms with Gasteiger partial charge >= 0.3 is 0 Å². The van der Waals surface area contributed by atoms with Crippen LogP contribution >= 0.6 is 0 Å². The molecule has 2 unspecified atom stereocenters. The van der Waals surface area contributed by atoms with Gasteiger partial charge < -0.3 is 5.32 Å². The van der Waals surface area contributed by atoms with Crippen LogP contribution in [0.1, 0.15) is 34.1 Å². The number of rotatable bonds is 5. The standard InChI is InChI=1S/C11H25N3O2S/c1-5-12-11-6-7-14(8-10(11)4)17(15,16)13-9(2)3/h9-13H,5-8H2,1-4H3. The minimum atomic E-state index is -3.30. The van der Waals surface area contributed by atoms with Crippen molar-refractivity contribution in [2.24, 2.45) is 5.92 Å². The molecule has 0 aromatic heterocycles. The highest BCUT2D eigenvalue weighted by Crippen LogP contribution is 2.18. The molecule has 1 aliphatic heterocycles. The van der Waals surface area contributed by atoms with Crippen molar-refractivity contribution in [2.45, 2.75) is 46.2 Å². The van der Waals surface area contributed by atoms with Gasteiger partial charge in [-0.05, 0) is 32.7 Å². The van der Waals surface area contributed by atoms with Crippen LogP contribution in [0, 0.1) is 5.92 Å². The zero-order valence-electron chi connectivity index (χ0n) is 11.2. The van der Waals surface area contributed by atoms with Gasteiger partial charge in [-0.1, -0.05) is 13.8 Å². The molecule has 0 aromatic rings. The van der Waals surface area contributed by atoms with Crippen molar-refractivity contribution in [3.63, 3.8) is 0 Å². The summed E-state index contributed by atoms with van der Waals surface area (Å²) in [5.41, 5.74) is 0. The maximum Gasteiger partial charge on any atom is 0.279 e. The van der Waals surface area contributed by atoms with E-state index in [1.54, 1.807) is 4.31 Å². The lowest BCUT2D eigenvalue weighted by atomic mass is 9.95. The third-order valence-electron chi connectivity index (χ3n) is 3.06. The maximum atomic E-state index is 12.0. The Labute approximate surface area is 105 Å². The molecule has 17 heavy (non-hydrogen) atoms. The molecule has 102 valence electrons. The fraction of sp³-hybridized carbons (Fsp3) is 1.00. The van der Waals surface area contributed by atoms with Crippen LogP contribution < -0.4 is 10.0 Å². The maximum absolute atomic E-state index is 12.0. The molecular formula is C11H25N3O2S. The Morgan fingerprint density at radius 2 is 2.06 bits per heavy atom. The summed E-state index contributed by atoms with van der Waals surface area (Å²) >= 11 is 0. The third-order valence-corrected chi connectivity index (χ3v) is 4.84. The summed E-state index contributed by atoms with van der Waals surface area (Å²) < 4.78 is 28.2. The molecule has 2 N–H and O–H groups in total. The number of nitrogens with zero attached hydrogens (tertiary/aromatic N) is 1. The lowest BCUT2D eigenvalue weighted by molar-refractivity contribution is 0.220. The number of hydrogen-bond donors (Lipinski definition) is 2. The molecule has 1 rings (SSSR count). The van der Waals surface area contributed by atoms with E-state index in [2.05, 4.69) is 23.9 Å². The van der Waals surface area contributed by atoms with Gasteiger partial charge in [0.15, 0.2) is 0 Å². The average molecular weight is 263 g/mol. The third kappa shape index (κ3) is 4.21. The number of hydrogen-bond acceptors (Lipinski definition) is 3. The molecule has 1 aliphatic rings. The second kappa shape index (κ2) is 6.13. The van der Waals surface area contributed by atoms with Gasteiger partial charge in [0, 0.05) is 25.2 Å². The van der Waals surface area contributed by atoms with Gasteiger partial charge in [0.05, 0.1) is 0 Å². The van der Waals surface area contributed by atoms with Crippen molar-refractivity contribution >= 4 is 10.2 Å². The first-order valence-electron chi connectivity index (χ1n) is 6.37. The summed E-state index contributed by atoms with van der Waals surface area (Å²) in [6.45, 7) is 10.00. The molecule has 2 atom stereocenters. The van der Waals surface area contributed by atoms with Crippen LogP contribution in [-0.4, -0.2) is 44.4 Å². The molecule has 5 nitrogen and oxygen atoms in total. The van der Waals surface area contributed by atoms with E-state index in [1.807, 2.05) is 13.8 Å². The molecule has 0 radical (unpaired) electrons. The van der Waals surface area contributed by atoms with Gasteiger partial charge in [-0.3, -0.25) is 0 Å². The van der Waals surface area contributed by atoms with Crippen molar-refractivity contribution in [3.8, 4) is 0 Å². The minimum Gasteiger partial charge on any atom is -0.314 e. The molecule has 1 fully saturated rings. The second-order valence-electron chi connectivity index (χ2n) is 5.07. The summed E-state index contributed by atoms with van der Waals surface area (Å²) in [6.07, 6.45) is 0.883. The van der Waals surface area contributed by atoms with Crippen LogP contribution in [0.4, 0.5) is 0 Å². The first-order valence-corrected chi connectivity index (χ1v) is 7.81. The summed E-state index contributed by atoms with van der Waals surface area (Å²) in [4.78, 5) is 0. The van der Waals surface area contributed by atoms with Crippen LogP contribution in [0.2, 0.25) is 0 Å². The van der Waals surface area contributed by atoms with E-state index in [-0.39, 0.29) is 6.04 Å². The van der Waals surface area contributed by atoms with Gasteiger partial charge in [-0.25, -0.2) is 0 Å². The average Bonchev–Trinajstić information content (AvgIpc) is 2.19. The molecule has 0 bridgehead atoms. The Morgan fingerprint density at radius 3 is 2.53 bits per heavy atom. The highest BCUT2D eigenvalue weighted by atomic mass is 32.2. The van der Waals surface area contributed by atoms with E-state index < -0.39 is 10.2 Å². The van der Waals surface area contributed by atoms with Gasteiger partial charge in [0.2, 0.25) is 0 Å².